The van der Waals surface area contributed by atoms with Crippen LogP contribution in [0.5, 0.6) is 17.2 Å². The number of nitrogens with zero attached hydrogens (tertiary/aromatic N) is 3. The van der Waals surface area contributed by atoms with Gasteiger partial charge in [0.15, 0.2) is 11.5 Å². The number of aryl methyl sites for hydroxylation is 2. The average Bonchev–Trinajstić information content (AvgIpc) is 3.50. The molecule has 0 saturated heterocycles. The van der Waals surface area contributed by atoms with Crippen molar-refractivity contribution in [2.45, 2.75) is 52.2 Å². The van der Waals surface area contributed by atoms with Crippen LogP contribution in [0.1, 0.15) is 55.0 Å². The van der Waals surface area contributed by atoms with E-state index >= 15 is 0 Å². The van der Waals surface area contributed by atoms with E-state index in [4.69, 9.17) is 14.2 Å². The fourth-order valence-electron chi connectivity index (χ4n) is 4.66. The van der Waals surface area contributed by atoms with E-state index in [9.17, 15) is 9.90 Å². The first kappa shape index (κ1) is 23.7. The maximum atomic E-state index is 12.3. The molecule has 0 bridgehead atoms. The molecule has 0 radical (unpaired) electrons. The van der Waals surface area contributed by atoms with Crippen LogP contribution in [0.2, 0.25) is 0 Å². The van der Waals surface area contributed by atoms with Gasteiger partial charge in [-0.2, -0.15) is 0 Å². The molecule has 1 aliphatic heterocycles. The van der Waals surface area contributed by atoms with E-state index in [2.05, 4.69) is 40.5 Å². The third-order valence-corrected chi connectivity index (χ3v) is 6.28. The highest BCUT2D eigenvalue weighted by atomic mass is 16.7. The number of ether oxygens (including phenoxy) is 3. The molecule has 186 valence electrons. The van der Waals surface area contributed by atoms with Gasteiger partial charge in [0.25, 0.3) is 0 Å². The lowest BCUT2D eigenvalue weighted by Crippen LogP contribution is -2.20. The van der Waals surface area contributed by atoms with Gasteiger partial charge in [-0.3, -0.25) is 4.98 Å². The molecule has 0 fully saturated rings. The maximum Gasteiger partial charge on any atom is 0.349 e. The molecule has 5 rings (SSSR count). The number of imidazole rings is 1. The number of rotatable bonds is 10. The van der Waals surface area contributed by atoms with Crippen LogP contribution in [0.3, 0.4) is 0 Å². The smallest absolute Gasteiger partial charge is 0.349 e. The Kier molecular flexibility index (Phi) is 6.75. The van der Waals surface area contributed by atoms with Crippen molar-refractivity contribution in [1.29, 1.82) is 0 Å². The SMILES string of the molecule is CCCc1cc(Cn2cnc3ccncc32)cc(CCC)c1OC(C(=O)O)c1ccc2c(c1)OCO2. The molecular formula is C28H29N3O5. The van der Waals surface area contributed by atoms with Gasteiger partial charge in [0.05, 0.1) is 23.6 Å². The molecule has 0 amide bonds. The number of hydrogen-bond acceptors (Lipinski definition) is 6. The minimum atomic E-state index is -1.17. The van der Waals surface area contributed by atoms with Crippen LogP contribution in [0.15, 0.2) is 55.1 Å². The minimum Gasteiger partial charge on any atom is -0.478 e. The summed E-state index contributed by atoms with van der Waals surface area (Å²) in [7, 11) is 0. The van der Waals surface area contributed by atoms with E-state index in [-0.39, 0.29) is 6.79 Å². The van der Waals surface area contributed by atoms with E-state index in [0.717, 1.165) is 53.4 Å². The molecule has 3 heterocycles. The van der Waals surface area contributed by atoms with Crippen LogP contribution >= 0.6 is 0 Å². The predicted molar refractivity (Wildman–Crippen MR) is 135 cm³/mol. The Morgan fingerprint density at radius 2 is 1.83 bits per heavy atom. The van der Waals surface area contributed by atoms with Crippen LogP contribution in [0.4, 0.5) is 0 Å². The predicted octanol–water partition coefficient (Wildman–Crippen LogP) is 5.32. The Hall–Kier alpha value is -4.07. The summed E-state index contributed by atoms with van der Waals surface area (Å²) in [6, 6.07) is 11.3. The molecule has 4 aromatic rings. The largest absolute Gasteiger partial charge is 0.478 e. The Balaban J connectivity index is 1.52. The maximum absolute atomic E-state index is 12.3. The second kappa shape index (κ2) is 10.3. The molecule has 0 aliphatic carbocycles. The summed E-state index contributed by atoms with van der Waals surface area (Å²) in [5.74, 6) is 0.736. The number of aromatic nitrogens is 3. The lowest BCUT2D eigenvalue weighted by Gasteiger charge is -2.22. The van der Waals surface area contributed by atoms with Crippen molar-refractivity contribution in [1.82, 2.24) is 14.5 Å². The van der Waals surface area contributed by atoms with E-state index in [1.165, 1.54) is 0 Å². The normalized spacial score (nSPS) is 13.2. The van der Waals surface area contributed by atoms with Crippen molar-refractivity contribution in [2.75, 3.05) is 6.79 Å². The summed E-state index contributed by atoms with van der Waals surface area (Å²) in [6.07, 6.45) is 7.59. The van der Waals surface area contributed by atoms with Gasteiger partial charge in [0, 0.05) is 18.3 Å². The lowest BCUT2D eigenvalue weighted by atomic mass is 9.97. The van der Waals surface area contributed by atoms with Crippen molar-refractivity contribution in [3.63, 3.8) is 0 Å². The number of hydrogen-bond donors (Lipinski definition) is 1. The molecule has 2 aromatic carbocycles. The topological polar surface area (TPSA) is 95.7 Å². The van der Waals surface area contributed by atoms with Crippen LogP contribution in [0, 0.1) is 0 Å². The molecule has 8 heteroatoms. The van der Waals surface area contributed by atoms with Crippen LogP contribution in [-0.4, -0.2) is 32.4 Å². The average molecular weight is 488 g/mol. The first-order valence-corrected chi connectivity index (χ1v) is 12.3. The van der Waals surface area contributed by atoms with Crippen molar-refractivity contribution in [3.05, 3.63) is 77.4 Å². The van der Waals surface area contributed by atoms with Gasteiger partial charge >= 0.3 is 5.97 Å². The minimum absolute atomic E-state index is 0.127. The Morgan fingerprint density at radius 3 is 2.56 bits per heavy atom. The second-order valence-corrected chi connectivity index (χ2v) is 8.93. The van der Waals surface area contributed by atoms with E-state index in [0.29, 0.717) is 29.4 Å². The monoisotopic (exact) mass is 487 g/mol. The summed E-state index contributed by atoms with van der Waals surface area (Å²) in [4.78, 5) is 21.1. The van der Waals surface area contributed by atoms with Crippen LogP contribution in [-0.2, 0) is 24.2 Å². The van der Waals surface area contributed by atoms with Gasteiger partial charge < -0.3 is 23.9 Å². The highest BCUT2D eigenvalue weighted by molar-refractivity contribution is 5.76. The third kappa shape index (κ3) is 4.71. The van der Waals surface area contributed by atoms with Crippen molar-refractivity contribution >= 4 is 17.0 Å². The zero-order chi connectivity index (χ0) is 25.1. The van der Waals surface area contributed by atoms with E-state index in [1.807, 2.05) is 18.6 Å². The fourth-order valence-corrected chi connectivity index (χ4v) is 4.66. The van der Waals surface area contributed by atoms with E-state index in [1.54, 1.807) is 24.4 Å². The first-order chi connectivity index (χ1) is 17.6. The van der Waals surface area contributed by atoms with Gasteiger partial charge in [-0.15, -0.1) is 0 Å². The zero-order valence-electron chi connectivity index (χ0n) is 20.4. The van der Waals surface area contributed by atoms with Gasteiger partial charge in [0.2, 0.25) is 12.9 Å². The standard InChI is InChI=1S/C28H29N3O5/c1-3-5-19-11-18(15-31-16-30-22-9-10-29-14-23(22)31)12-20(6-4-2)26(19)36-27(28(32)33)21-7-8-24-25(13-21)35-17-34-24/h7-14,16,27H,3-6,15,17H2,1-2H3,(H,32,33). The van der Waals surface area contributed by atoms with Gasteiger partial charge in [0.1, 0.15) is 5.75 Å². The zero-order valence-corrected chi connectivity index (χ0v) is 20.4. The fraction of sp³-hybridized carbons (Fsp3) is 0.321. The Bertz CT molecular complexity index is 1370. The summed E-state index contributed by atoms with van der Waals surface area (Å²) in [5, 5.41) is 10.1. The molecular weight excluding hydrogens is 458 g/mol. The molecule has 2 aromatic heterocycles. The Morgan fingerprint density at radius 1 is 1.08 bits per heavy atom. The number of pyridine rings is 1. The van der Waals surface area contributed by atoms with E-state index < -0.39 is 12.1 Å². The van der Waals surface area contributed by atoms with Gasteiger partial charge in [-0.25, -0.2) is 9.78 Å². The van der Waals surface area contributed by atoms with Gasteiger partial charge in [-0.1, -0.05) is 44.9 Å². The first-order valence-electron chi connectivity index (χ1n) is 12.3. The summed E-state index contributed by atoms with van der Waals surface area (Å²) in [5.41, 5.74) is 5.52. The highest BCUT2D eigenvalue weighted by Gasteiger charge is 2.27. The molecule has 36 heavy (non-hydrogen) atoms. The number of fused-ring (bicyclic) bond motifs is 2. The third-order valence-electron chi connectivity index (χ3n) is 6.28. The summed E-state index contributed by atoms with van der Waals surface area (Å²) in [6.45, 7) is 4.98. The number of benzene rings is 2. The summed E-state index contributed by atoms with van der Waals surface area (Å²) >= 11 is 0. The molecule has 8 nitrogen and oxygen atoms in total. The molecule has 0 saturated carbocycles. The number of carbonyl (C=O) groups is 1. The second-order valence-electron chi connectivity index (χ2n) is 8.93. The van der Waals surface area contributed by atoms with Crippen LogP contribution in [0.25, 0.3) is 11.0 Å². The molecule has 0 spiro atoms. The molecule has 1 atom stereocenters. The molecule has 1 unspecified atom stereocenters. The molecule has 1 aliphatic rings. The number of carboxylic acids is 1. The highest BCUT2D eigenvalue weighted by Crippen LogP contribution is 2.37. The van der Waals surface area contributed by atoms with Crippen molar-refractivity contribution in [2.24, 2.45) is 0 Å². The number of aliphatic carboxylic acids is 1. The Labute approximate surface area is 209 Å². The number of carboxylic acid groups (broad SMARTS) is 1. The molecule has 1 N–H and O–H groups in total. The van der Waals surface area contributed by atoms with Crippen LogP contribution < -0.4 is 14.2 Å². The van der Waals surface area contributed by atoms with Crippen molar-refractivity contribution < 1.29 is 24.1 Å². The quantitative estimate of drug-likeness (QED) is 0.323. The summed E-state index contributed by atoms with van der Waals surface area (Å²) < 4.78 is 19.2. The van der Waals surface area contributed by atoms with Gasteiger partial charge in [-0.05, 0) is 47.7 Å². The lowest BCUT2D eigenvalue weighted by molar-refractivity contribution is -0.145. The van der Waals surface area contributed by atoms with Crippen molar-refractivity contribution in [3.8, 4) is 17.2 Å².